The summed E-state index contributed by atoms with van der Waals surface area (Å²) in [4.78, 5) is 0. The molecule has 0 amide bonds. The van der Waals surface area contributed by atoms with Gasteiger partial charge in [0.2, 0.25) is 6.33 Å². The topological polar surface area (TPSA) is 8.81 Å². The Morgan fingerprint density at radius 1 is 0.346 bits per heavy atom. The van der Waals surface area contributed by atoms with Gasteiger partial charge in [0.1, 0.15) is 12.4 Å². The summed E-state index contributed by atoms with van der Waals surface area (Å²) in [6, 6.07) is 0. The summed E-state index contributed by atoms with van der Waals surface area (Å²) in [6.45, 7) is -5.65. The van der Waals surface area contributed by atoms with Crippen molar-refractivity contribution in [3.05, 3.63) is 18.7 Å². The molecule has 0 radical (unpaired) electrons. The fourth-order valence-corrected chi connectivity index (χ4v) is 3.42. The average Bonchev–Trinajstić information content (AvgIpc) is 3.36. The van der Waals surface area contributed by atoms with E-state index in [0.717, 1.165) is 0 Å². The van der Waals surface area contributed by atoms with E-state index in [2.05, 4.69) is 0 Å². The summed E-state index contributed by atoms with van der Waals surface area (Å²) in [7, 11) is 0. The Kier molecular flexibility index (Phi) is 11.2. The second-order valence-corrected chi connectivity index (χ2v) is 10.2. The van der Waals surface area contributed by atoms with E-state index in [9.17, 15) is 132 Å². The minimum absolute atomic E-state index is 0.187. The lowest BCUT2D eigenvalue weighted by Gasteiger charge is -2.42. The lowest BCUT2D eigenvalue weighted by molar-refractivity contribution is -0.719. The van der Waals surface area contributed by atoms with Gasteiger partial charge in [-0.05, 0) is 0 Å². The summed E-state index contributed by atoms with van der Waals surface area (Å²) in [5.41, 5.74) is 0. The summed E-state index contributed by atoms with van der Waals surface area (Å²) >= 11 is 0. The number of alkyl halides is 30. The van der Waals surface area contributed by atoms with Gasteiger partial charge in [-0.2, -0.15) is 132 Å². The molecule has 0 fully saturated rings. The van der Waals surface area contributed by atoms with Gasteiger partial charge in [-0.25, -0.2) is 9.13 Å². The number of rotatable bonds is 15. The Hall–Kier alpha value is -2.89. The highest BCUT2D eigenvalue weighted by Crippen LogP contribution is 2.64. The Labute approximate surface area is 263 Å². The van der Waals surface area contributed by atoms with Crippen molar-refractivity contribution in [2.24, 2.45) is 0 Å². The third kappa shape index (κ3) is 6.40. The molecule has 0 saturated carbocycles. The number of aryl methyl sites for hydroxylation is 1. The first-order valence-electron chi connectivity index (χ1n) is 11.9. The number of hydrogen-bond donors (Lipinski definition) is 0. The highest BCUT2D eigenvalue weighted by Gasteiger charge is 2.95. The molecule has 0 spiro atoms. The quantitative estimate of drug-likeness (QED) is 0.123. The molecule has 0 atom stereocenters. The van der Waals surface area contributed by atoms with Crippen LogP contribution in [0.25, 0.3) is 0 Å². The van der Waals surface area contributed by atoms with Crippen LogP contribution in [-0.4, -0.2) is 88.0 Å². The number of aromatic nitrogens is 2. The molecule has 308 valence electrons. The van der Waals surface area contributed by atoms with Crippen molar-refractivity contribution in [1.29, 1.82) is 0 Å². The summed E-state index contributed by atoms with van der Waals surface area (Å²) in [5, 5.41) is 0. The number of imidazole rings is 1. The van der Waals surface area contributed by atoms with Crippen molar-refractivity contribution in [2.45, 2.75) is 103 Å². The monoisotopic (exact) mass is 847 g/mol. The molecule has 52 heavy (non-hydrogen) atoms. The molecule has 2 nitrogen and oxygen atoms in total. The van der Waals surface area contributed by atoms with Crippen LogP contribution >= 0.6 is 0 Å². The molecule has 0 saturated heterocycles. The number of halogens is 30. The molecule has 0 aliphatic heterocycles. The van der Waals surface area contributed by atoms with Crippen molar-refractivity contribution < 1.29 is 136 Å². The van der Waals surface area contributed by atoms with Crippen molar-refractivity contribution in [2.75, 3.05) is 0 Å². The van der Waals surface area contributed by atoms with Crippen LogP contribution in [0.1, 0.15) is 6.42 Å². The summed E-state index contributed by atoms with van der Waals surface area (Å²) in [5.74, 6) is -98.8. The molecular weight excluding hydrogens is 838 g/mol. The van der Waals surface area contributed by atoms with Crippen LogP contribution in [0.4, 0.5) is 132 Å². The maximum absolute atomic E-state index is 14.1. The third-order valence-electron chi connectivity index (χ3n) is 6.60. The highest BCUT2D eigenvalue weighted by atomic mass is 19.4. The number of nitrogens with zero attached hydrogens (tertiary/aromatic N) is 2. The Bertz CT molecular complexity index is 1410. The predicted molar refractivity (Wildman–Crippen MR) is 101 cm³/mol. The molecule has 32 heteroatoms. The second kappa shape index (κ2) is 12.3. The van der Waals surface area contributed by atoms with Gasteiger partial charge in [0.15, 0.2) is 6.54 Å². The molecule has 0 bridgehead atoms. The Morgan fingerprint density at radius 3 is 0.923 bits per heavy atom. The van der Waals surface area contributed by atoms with E-state index in [-0.39, 0.29) is 12.4 Å². The molecule has 0 aliphatic carbocycles. The lowest BCUT2D eigenvalue weighted by Crippen LogP contribution is -2.75. The molecule has 1 aromatic heterocycles. The zero-order chi connectivity index (χ0) is 42.4. The molecule has 1 heterocycles. The van der Waals surface area contributed by atoms with E-state index < -0.39 is 118 Å². The van der Waals surface area contributed by atoms with E-state index in [1.54, 1.807) is 0 Å². The van der Waals surface area contributed by atoms with Crippen molar-refractivity contribution >= 4 is 0 Å². The molecular formula is C20H9F30N2+. The van der Waals surface area contributed by atoms with Crippen molar-refractivity contribution in [3.8, 4) is 0 Å². The lowest BCUT2D eigenvalue weighted by atomic mass is 9.89. The average molecular weight is 847 g/mol. The molecule has 0 unspecified atom stereocenters. The van der Waals surface area contributed by atoms with Gasteiger partial charge in [0, 0.05) is 0 Å². The smallest absolute Gasteiger partial charge is 0.237 e. The van der Waals surface area contributed by atoms with Gasteiger partial charge < -0.3 is 0 Å². The third-order valence-corrected chi connectivity index (χ3v) is 6.60. The predicted octanol–water partition coefficient (Wildman–Crippen LogP) is 9.91. The molecule has 0 N–H and O–H groups in total. The van der Waals surface area contributed by atoms with E-state index in [0.29, 0.717) is 0 Å². The van der Waals surface area contributed by atoms with Crippen molar-refractivity contribution in [1.82, 2.24) is 4.57 Å². The molecule has 0 aromatic carbocycles. The first-order valence-corrected chi connectivity index (χ1v) is 11.9. The normalized spacial score (nSPS) is 16.5. The van der Waals surface area contributed by atoms with Crippen molar-refractivity contribution in [3.63, 3.8) is 0 Å². The van der Waals surface area contributed by atoms with Gasteiger partial charge in [-0.1, -0.05) is 0 Å². The van der Waals surface area contributed by atoms with Gasteiger partial charge in [0.05, 0.1) is 13.0 Å². The fourth-order valence-electron chi connectivity index (χ4n) is 3.42. The van der Waals surface area contributed by atoms with E-state index in [1.807, 2.05) is 0 Å². The Balaban J connectivity index is 3.43. The fraction of sp³-hybridized carbons (Fsp3) is 0.850. The zero-order valence-electron chi connectivity index (χ0n) is 23.1. The van der Waals surface area contributed by atoms with Crippen LogP contribution in [0.2, 0.25) is 0 Å². The van der Waals surface area contributed by atoms with Crippen LogP contribution in [0.15, 0.2) is 18.7 Å². The minimum Gasteiger partial charge on any atom is -0.237 e. The van der Waals surface area contributed by atoms with Crippen LogP contribution in [0.5, 0.6) is 0 Å². The summed E-state index contributed by atoms with van der Waals surface area (Å²) in [6.07, 6.45) is -20.0. The maximum Gasteiger partial charge on any atom is 0.460 e. The van der Waals surface area contributed by atoms with Gasteiger partial charge >= 0.3 is 83.4 Å². The second-order valence-electron chi connectivity index (χ2n) is 10.2. The minimum atomic E-state index is -8.98. The van der Waals surface area contributed by atoms with Gasteiger partial charge in [-0.15, -0.1) is 0 Å². The van der Waals surface area contributed by atoms with Crippen LogP contribution in [0.3, 0.4) is 0 Å². The van der Waals surface area contributed by atoms with E-state index in [4.69, 9.17) is 0 Å². The zero-order valence-corrected chi connectivity index (χ0v) is 23.1. The highest BCUT2D eigenvalue weighted by molar-refractivity contribution is 5.15. The van der Waals surface area contributed by atoms with E-state index >= 15 is 0 Å². The molecule has 0 aliphatic rings. The SMILES string of the molecule is FC(F)(F)C(F)(F)C(F)(F)C(F)(F)C(F)(F)C(F)(F)CCn1cc[n+](CC(F)(F)C(F)(F)C(F)(F)C(F)(F)C(F)(F)C(F)(F)C(F)(F)C(F)(F)F)c1. The largest absolute Gasteiger partial charge is 0.460 e. The summed E-state index contributed by atoms with van der Waals surface area (Å²) < 4.78 is 396. The molecule has 1 aromatic rings. The Morgan fingerprint density at radius 2 is 0.615 bits per heavy atom. The molecule has 1 rings (SSSR count). The first kappa shape index (κ1) is 47.1. The standard InChI is InChI=1S/C20H9F30N2/c21-7(22,9(25,26)11(29,30)15(37,38)17(41,42)19(45,46)47)1-2-51-3-4-52(6-51)5-8(23,24)10(27,28)12(31,32)13(33,34)14(35,36)16(39,40)18(43,44)20(48,49)50/h3-4,6H,1-2,5H2/q+1. The van der Waals surface area contributed by atoms with Gasteiger partial charge in [0.25, 0.3) is 0 Å². The maximum atomic E-state index is 14.1. The van der Waals surface area contributed by atoms with Crippen LogP contribution < -0.4 is 4.57 Å². The van der Waals surface area contributed by atoms with E-state index in [1.165, 1.54) is 0 Å². The van der Waals surface area contributed by atoms with Gasteiger partial charge in [-0.3, -0.25) is 0 Å². The van der Waals surface area contributed by atoms with Crippen LogP contribution in [-0.2, 0) is 13.1 Å². The van der Waals surface area contributed by atoms with Crippen LogP contribution in [0, 0.1) is 0 Å². The number of hydrogen-bond acceptors (Lipinski definition) is 0. The first-order chi connectivity index (χ1) is 22.2.